The highest BCUT2D eigenvalue weighted by Gasteiger charge is 2.16. The van der Waals surface area contributed by atoms with Gasteiger partial charge in [0.1, 0.15) is 0 Å². The number of aromatic nitrogens is 1. The van der Waals surface area contributed by atoms with Crippen LogP contribution in [0.15, 0.2) is 24.4 Å². The Morgan fingerprint density at radius 3 is 2.61 bits per heavy atom. The van der Waals surface area contributed by atoms with Crippen LogP contribution in [0.5, 0.6) is 0 Å². The van der Waals surface area contributed by atoms with Crippen LogP contribution in [0, 0.1) is 11.3 Å². The van der Waals surface area contributed by atoms with Gasteiger partial charge in [0.2, 0.25) is 0 Å². The summed E-state index contributed by atoms with van der Waals surface area (Å²) in [7, 11) is 0. The Morgan fingerprint density at radius 1 is 1.17 bits per heavy atom. The van der Waals surface area contributed by atoms with Gasteiger partial charge in [-0.1, -0.05) is 6.07 Å². The van der Waals surface area contributed by atoms with Crippen LogP contribution in [-0.2, 0) is 6.54 Å². The molecule has 18 heavy (non-hydrogen) atoms. The SMILES string of the molecule is N#CCCCN1CCN(Cc2ccccn2)CC1. The fourth-order valence-corrected chi connectivity index (χ4v) is 2.27. The quantitative estimate of drug-likeness (QED) is 0.736. The van der Waals surface area contributed by atoms with E-state index >= 15 is 0 Å². The van der Waals surface area contributed by atoms with Crippen LogP contribution in [-0.4, -0.2) is 47.5 Å². The van der Waals surface area contributed by atoms with Crippen molar-refractivity contribution in [2.45, 2.75) is 19.4 Å². The maximum atomic E-state index is 8.52. The molecule has 0 unspecified atom stereocenters. The van der Waals surface area contributed by atoms with Crippen molar-refractivity contribution in [3.63, 3.8) is 0 Å². The van der Waals surface area contributed by atoms with E-state index in [0.717, 1.165) is 51.4 Å². The predicted molar refractivity (Wildman–Crippen MR) is 70.8 cm³/mol. The minimum atomic E-state index is 0.675. The van der Waals surface area contributed by atoms with Gasteiger partial charge >= 0.3 is 0 Å². The van der Waals surface area contributed by atoms with Gasteiger partial charge in [-0.25, -0.2) is 0 Å². The van der Waals surface area contributed by atoms with Crippen LogP contribution >= 0.6 is 0 Å². The Morgan fingerprint density at radius 2 is 1.94 bits per heavy atom. The molecular weight excluding hydrogens is 224 g/mol. The van der Waals surface area contributed by atoms with Crippen molar-refractivity contribution in [3.8, 4) is 6.07 Å². The molecule has 0 amide bonds. The average Bonchev–Trinajstić information content (AvgIpc) is 2.42. The summed E-state index contributed by atoms with van der Waals surface area (Å²) in [5.41, 5.74) is 1.15. The normalized spacial score (nSPS) is 17.5. The summed E-state index contributed by atoms with van der Waals surface area (Å²) in [6.07, 6.45) is 3.53. The lowest BCUT2D eigenvalue weighted by molar-refractivity contribution is 0.125. The number of piperazine rings is 1. The predicted octanol–water partition coefficient (Wildman–Crippen LogP) is 1.50. The molecule has 1 aromatic heterocycles. The number of hydrogen-bond donors (Lipinski definition) is 0. The molecule has 96 valence electrons. The molecule has 1 aromatic rings. The Hall–Kier alpha value is -1.44. The van der Waals surface area contributed by atoms with Gasteiger partial charge in [0.05, 0.1) is 11.8 Å². The molecule has 1 aliphatic rings. The van der Waals surface area contributed by atoms with Crippen molar-refractivity contribution in [3.05, 3.63) is 30.1 Å². The lowest BCUT2D eigenvalue weighted by atomic mass is 10.2. The first-order valence-electron chi connectivity index (χ1n) is 6.60. The molecule has 2 rings (SSSR count). The third kappa shape index (κ3) is 4.10. The van der Waals surface area contributed by atoms with Gasteiger partial charge in [-0.15, -0.1) is 0 Å². The van der Waals surface area contributed by atoms with E-state index in [0.29, 0.717) is 6.42 Å². The van der Waals surface area contributed by atoms with E-state index in [-0.39, 0.29) is 0 Å². The number of nitriles is 1. The number of pyridine rings is 1. The van der Waals surface area contributed by atoms with Crippen molar-refractivity contribution in [2.75, 3.05) is 32.7 Å². The van der Waals surface area contributed by atoms with Crippen LogP contribution < -0.4 is 0 Å². The number of hydrogen-bond acceptors (Lipinski definition) is 4. The summed E-state index contributed by atoms with van der Waals surface area (Å²) in [5.74, 6) is 0. The van der Waals surface area contributed by atoms with Gasteiger partial charge in [0.25, 0.3) is 0 Å². The highest BCUT2D eigenvalue weighted by molar-refractivity contribution is 5.03. The molecule has 0 N–H and O–H groups in total. The molecule has 1 saturated heterocycles. The molecule has 0 atom stereocenters. The molecule has 1 aliphatic heterocycles. The second kappa shape index (κ2) is 7.10. The molecule has 4 heteroatoms. The van der Waals surface area contributed by atoms with Gasteiger partial charge in [0, 0.05) is 45.3 Å². The van der Waals surface area contributed by atoms with E-state index in [2.05, 4.69) is 26.9 Å². The van der Waals surface area contributed by atoms with Crippen molar-refractivity contribution in [1.82, 2.24) is 14.8 Å². The zero-order valence-corrected chi connectivity index (χ0v) is 10.8. The van der Waals surface area contributed by atoms with E-state index in [4.69, 9.17) is 5.26 Å². The molecule has 0 radical (unpaired) electrons. The van der Waals surface area contributed by atoms with Crippen molar-refractivity contribution in [1.29, 1.82) is 5.26 Å². The minimum Gasteiger partial charge on any atom is -0.301 e. The van der Waals surface area contributed by atoms with Crippen LogP contribution in [0.4, 0.5) is 0 Å². The third-order valence-corrected chi connectivity index (χ3v) is 3.34. The van der Waals surface area contributed by atoms with Gasteiger partial charge in [0.15, 0.2) is 0 Å². The Bertz CT molecular complexity index is 377. The summed E-state index contributed by atoms with van der Waals surface area (Å²) >= 11 is 0. The Labute approximate surface area is 109 Å². The molecule has 1 fully saturated rings. The van der Waals surface area contributed by atoms with Gasteiger partial charge in [-0.2, -0.15) is 5.26 Å². The smallest absolute Gasteiger partial charge is 0.0622 e. The Balaban J connectivity index is 1.69. The average molecular weight is 244 g/mol. The molecule has 0 aliphatic carbocycles. The largest absolute Gasteiger partial charge is 0.301 e. The second-order valence-electron chi connectivity index (χ2n) is 4.70. The van der Waals surface area contributed by atoms with Gasteiger partial charge < -0.3 is 4.90 Å². The molecule has 4 nitrogen and oxygen atoms in total. The first kappa shape index (κ1) is 13.0. The van der Waals surface area contributed by atoms with Crippen LogP contribution in [0.2, 0.25) is 0 Å². The van der Waals surface area contributed by atoms with Gasteiger partial charge in [-0.05, 0) is 25.1 Å². The van der Waals surface area contributed by atoms with E-state index in [1.165, 1.54) is 0 Å². The summed E-state index contributed by atoms with van der Waals surface area (Å²) in [6, 6.07) is 8.28. The fraction of sp³-hybridized carbons (Fsp3) is 0.571. The summed E-state index contributed by atoms with van der Waals surface area (Å²) in [5, 5.41) is 8.52. The third-order valence-electron chi connectivity index (χ3n) is 3.34. The second-order valence-corrected chi connectivity index (χ2v) is 4.70. The number of rotatable bonds is 5. The first-order chi connectivity index (χ1) is 8.88. The standard InChI is InChI=1S/C14H20N4/c15-6-2-4-8-17-9-11-18(12-10-17)13-14-5-1-3-7-16-14/h1,3,5,7H,2,4,8-13H2. The summed E-state index contributed by atoms with van der Waals surface area (Å²) < 4.78 is 0. The highest BCUT2D eigenvalue weighted by Crippen LogP contribution is 2.07. The Kier molecular flexibility index (Phi) is 5.13. The fourth-order valence-electron chi connectivity index (χ4n) is 2.27. The summed E-state index contributed by atoms with van der Waals surface area (Å²) in [6.45, 7) is 6.43. The minimum absolute atomic E-state index is 0.675. The van der Waals surface area contributed by atoms with E-state index < -0.39 is 0 Å². The van der Waals surface area contributed by atoms with Gasteiger partial charge in [-0.3, -0.25) is 9.88 Å². The number of nitrogens with zero attached hydrogens (tertiary/aromatic N) is 4. The van der Waals surface area contributed by atoms with Crippen molar-refractivity contribution < 1.29 is 0 Å². The zero-order valence-electron chi connectivity index (χ0n) is 10.8. The molecular formula is C14H20N4. The monoisotopic (exact) mass is 244 g/mol. The molecule has 2 heterocycles. The van der Waals surface area contributed by atoms with E-state index in [9.17, 15) is 0 Å². The lowest BCUT2D eigenvalue weighted by Gasteiger charge is -2.34. The highest BCUT2D eigenvalue weighted by atomic mass is 15.3. The molecule has 0 bridgehead atoms. The summed E-state index contributed by atoms with van der Waals surface area (Å²) in [4.78, 5) is 9.26. The first-order valence-corrected chi connectivity index (χ1v) is 6.60. The maximum Gasteiger partial charge on any atom is 0.0622 e. The van der Waals surface area contributed by atoms with Crippen LogP contribution in [0.1, 0.15) is 18.5 Å². The van der Waals surface area contributed by atoms with E-state index in [1.807, 2.05) is 18.3 Å². The van der Waals surface area contributed by atoms with Crippen molar-refractivity contribution >= 4 is 0 Å². The molecule has 0 spiro atoms. The maximum absolute atomic E-state index is 8.52. The van der Waals surface area contributed by atoms with Crippen LogP contribution in [0.3, 0.4) is 0 Å². The van der Waals surface area contributed by atoms with Crippen molar-refractivity contribution in [2.24, 2.45) is 0 Å². The van der Waals surface area contributed by atoms with Crippen LogP contribution in [0.25, 0.3) is 0 Å². The molecule has 0 aromatic carbocycles. The lowest BCUT2D eigenvalue weighted by Crippen LogP contribution is -2.46. The van der Waals surface area contributed by atoms with E-state index in [1.54, 1.807) is 0 Å². The zero-order chi connectivity index (χ0) is 12.6. The topological polar surface area (TPSA) is 43.2 Å². The number of unbranched alkanes of at least 4 members (excludes halogenated alkanes) is 1. The molecule has 0 saturated carbocycles.